The second-order valence-corrected chi connectivity index (χ2v) is 20.3. The van der Waals surface area contributed by atoms with Crippen LogP contribution in [0.2, 0.25) is 14.8 Å². The second kappa shape index (κ2) is 4.29. The van der Waals surface area contributed by atoms with Crippen molar-refractivity contribution in [3.8, 4) is 0 Å². The van der Waals surface area contributed by atoms with E-state index in [-0.39, 0.29) is 10.6 Å². The number of non-ortho nitro benzene ring substituents is 1. The summed E-state index contributed by atoms with van der Waals surface area (Å²) in [4.78, 5) is 17.1. The molecule has 0 aliphatic rings. The third-order valence-electron chi connectivity index (χ3n) is 1.88. The van der Waals surface area contributed by atoms with E-state index >= 15 is 0 Å². The van der Waals surface area contributed by atoms with Crippen molar-refractivity contribution in [2.45, 2.75) is 19.3 Å². The summed E-state index contributed by atoms with van der Waals surface area (Å²) < 4.78 is 1.15. The molecule has 0 aromatic heterocycles. The Morgan fingerprint density at radius 3 is 2.07 bits per heavy atom. The minimum atomic E-state index is -1.79. The fraction of sp³-hybridized carbons (Fsp3) is 0.400. The van der Waals surface area contributed by atoms with Gasteiger partial charge in [0.05, 0.1) is 0 Å². The zero-order valence-corrected chi connectivity index (χ0v) is 11.6. The Kier molecular flexibility index (Phi) is 3.53. The molecule has 0 saturated heterocycles. The van der Waals surface area contributed by atoms with Crippen LogP contribution in [0.15, 0.2) is 24.3 Å². The summed E-state index contributed by atoms with van der Waals surface area (Å²) in [5.41, 5.74) is 1.41. The zero-order chi connectivity index (χ0) is 10.8. The molecular formula is C10H15NO2Sn. The van der Waals surface area contributed by atoms with E-state index in [2.05, 4.69) is 14.8 Å². The molecule has 0 fully saturated rings. The van der Waals surface area contributed by atoms with Crippen LogP contribution in [0.5, 0.6) is 0 Å². The number of benzene rings is 1. The first-order valence-electron chi connectivity index (χ1n) is 4.62. The SMILES string of the molecule is [CH3][Sn]([CH3])([CH3])[CH2]c1ccc([N+](=O)[O-])cc1. The number of rotatable bonds is 3. The third kappa shape index (κ3) is 3.65. The molecule has 76 valence electrons. The molecule has 3 nitrogen and oxygen atoms in total. The van der Waals surface area contributed by atoms with Crippen LogP contribution < -0.4 is 0 Å². The van der Waals surface area contributed by atoms with Gasteiger partial charge in [0.15, 0.2) is 0 Å². The molecule has 0 atom stereocenters. The van der Waals surface area contributed by atoms with Crippen LogP contribution in [0.3, 0.4) is 0 Å². The summed E-state index contributed by atoms with van der Waals surface area (Å²) in [5, 5.41) is 10.4. The molecule has 0 aliphatic carbocycles. The molecule has 0 saturated carbocycles. The van der Waals surface area contributed by atoms with Crippen LogP contribution in [0.1, 0.15) is 5.56 Å². The summed E-state index contributed by atoms with van der Waals surface area (Å²) in [6, 6.07) is 6.93. The van der Waals surface area contributed by atoms with Gasteiger partial charge in [-0.3, -0.25) is 0 Å². The number of hydrogen-bond donors (Lipinski definition) is 0. The van der Waals surface area contributed by atoms with E-state index in [1.165, 1.54) is 5.56 Å². The van der Waals surface area contributed by atoms with Gasteiger partial charge >= 0.3 is 88.2 Å². The van der Waals surface area contributed by atoms with Gasteiger partial charge in [-0.25, -0.2) is 0 Å². The number of nitro groups is 1. The van der Waals surface area contributed by atoms with E-state index < -0.39 is 18.4 Å². The Hall–Kier alpha value is -0.581. The Morgan fingerprint density at radius 1 is 1.21 bits per heavy atom. The maximum atomic E-state index is 10.4. The number of nitro benzene ring substituents is 1. The molecule has 0 radical (unpaired) electrons. The van der Waals surface area contributed by atoms with Crippen molar-refractivity contribution in [3.63, 3.8) is 0 Å². The zero-order valence-electron chi connectivity index (χ0n) is 8.78. The third-order valence-corrected chi connectivity index (χ3v) is 6.07. The number of hydrogen-bond acceptors (Lipinski definition) is 2. The fourth-order valence-electron chi connectivity index (χ4n) is 1.35. The molecule has 0 N–H and O–H groups in total. The first-order chi connectivity index (χ1) is 6.38. The van der Waals surface area contributed by atoms with Gasteiger partial charge in [-0.2, -0.15) is 0 Å². The van der Waals surface area contributed by atoms with E-state index in [4.69, 9.17) is 0 Å². The molecule has 0 unspecified atom stereocenters. The van der Waals surface area contributed by atoms with Gasteiger partial charge in [-0.1, -0.05) is 0 Å². The van der Waals surface area contributed by atoms with Crippen molar-refractivity contribution in [1.29, 1.82) is 0 Å². The van der Waals surface area contributed by atoms with Crippen molar-refractivity contribution in [2.75, 3.05) is 0 Å². The van der Waals surface area contributed by atoms with Gasteiger partial charge in [-0.15, -0.1) is 0 Å². The average Bonchev–Trinajstić information content (AvgIpc) is 2.02. The quantitative estimate of drug-likeness (QED) is 0.489. The number of nitrogens with zero attached hydrogens (tertiary/aromatic N) is 1. The van der Waals surface area contributed by atoms with Gasteiger partial charge in [0.2, 0.25) is 0 Å². The second-order valence-electron chi connectivity index (χ2n) is 4.66. The van der Waals surface area contributed by atoms with Crippen molar-refractivity contribution >= 4 is 24.1 Å². The minimum absolute atomic E-state index is 0.179. The van der Waals surface area contributed by atoms with Gasteiger partial charge < -0.3 is 0 Å². The molecule has 0 heterocycles. The summed E-state index contributed by atoms with van der Waals surface area (Å²) in [7, 11) is 0. The maximum absolute atomic E-state index is 10.4. The van der Waals surface area contributed by atoms with Gasteiger partial charge in [-0.05, 0) is 0 Å². The standard InChI is InChI=1S/C7H6NO2.3CH3.Sn/c1-6-2-4-7(5-3-6)8(9)10;;;;/h2-5H,1H2;3*1H3;. The van der Waals surface area contributed by atoms with E-state index in [0.29, 0.717) is 0 Å². The van der Waals surface area contributed by atoms with Crippen LogP contribution in [0.4, 0.5) is 5.69 Å². The monoisotopic (exact) mass is 301 g/mol. The van der Waals surface area contributed by atoms with Gasteiger partial charge in [0, 0.05) is 0 Å². The summed E-state index contributed by atoms with van der Waals surface area (Å²) in [6.45, 7) is 0. The Bertz CT molecular complexity index is 327. The van der Waals surface area contributed by atoms with E-state index in [1.807, 2.05) is 12.1 Å². The van der Waals surface area contributed by atoms with Crippen LogP contribution in [0, 0.1) is 10.1 Å². The summed E-state index contributed by atoms with van der Waals surface area (Å²) in [5.74, 6) is 0. The fourth-order valence-corrected chi connectivity index (χ4v) is 5.52. The van der Waals surface area contributed by atoms with Crippen LogP contribution in [-0.2, 0) is 4.44 Å². The van der Waals surface area contributed by atoms with E-state index in [9.17, 15) is 10.1 Å². The molecule has 1 rings (SSSR count). The van der Waals surface area contributed by atoms with Crippen molar-refractivity contribution < 1.29 is 4.92 Å². The molecule has 0 bridgehead atoms. The molecule has 0 aliphatic heterocycles. The van der Waals surface area contributed by atoms with E-state index in [0.717, 1.165) is 4.44 Å². The molecular weight excluding hydrogens is 285 g/mol. The van der Waals surface area contributed by atoms with Crippen molar-refractivity contribution in [1.82, 2.24) is 0 Å². The Morgan fingerprint density at radius 2 is 1.71 bits per heavy atom. The molecule has 4 heteroatoms. The average molecular weight is 300 g/mol. The first kappa shape index (κ1) is 11.5. The van der Waals surface area contributed by atoms with Crippen LogP contribution >= 0.6 is 0 Å². The molecule has 14 heavy (non-hydrogen) atoms. The van der Waals surface area contributed by atoms with Crippen molar-refractivity contribution in [3.05, 3.63) is 39.9 Å². The van der Waals surface area contributed by atoms with Gasteiger partial charge in [0.1, 0.15) is 0 Å². The first-order valence-corrected chi connectivity index (χ1v) is 15.2. The molecule has 1 aromatic carbocycles. The van der Waals surface area contributed by atoms with E-state index in [1.54, 1.807) is 12.1 Å². The normalized spacial score (nSPS) is 11.4. The summed E-state index contributed by atoms with van der Waals surface area (Å²) >= 11 is -1.79. The molecule has 0 amide bonds. The van der Waals surface area contributed by atoms with Crippen molar-refractivity contribution in [2.24, 2.45) is 0 Å². The molecule has 0 spiro atoms. The molecule has 1 aromatic rings. The topological polar surface area (TPSA) is 43.1 Å². The van der Waals surface area contributed by atoms with Crippen LogP contribution in [0.25, 0.3) is 0 Å². The predicted molar refractivity (Wildman–Crippen MR) is 60.1 cm³/mol. The van der Waals surface area contributed by atoms with Crippen LogP contribution in [-0.4, -0.2) is 23.3 Å². The van der Waals surface area contributed by atoms with Gasteiger partial charge in [0.25, 0.3) is 0 Å². The predicted octanol–water partition coefficient (Wildman–Crippen LogP) is 3.01. The Balaban J connectivity index is 2.79. The summed E-state index contributed by atoms with van der Waals surface area (Å²) in [6.07, 6.45) is 0. The Labute approximate surface area is 88.2 Å².